The van der Waals surface area contributed by atoms with Gasteiger partial charge >= 0.3 is 0 Å². The van der Waals surface area contributed by atoms with Crippen molar-refractivity contribution in [2.45, 2.75) is 33.2 Å². The van der Waals surface area contributed by atoms with Gasteiger partial charge in [0.1, 0.15) is 0 Å². The van der Waals surface area contributed by atoms with Crippen molar-refractivity contribution < 1.29 is 4.79 Å². The van der Waals surface area contributed by atoms with E-state index in [1.54, 1.807) is 0 Å². The van der Waals surface area contributed by atoms with Crippen LogP contribution in [0.2, 0.25) is 0 Å². The number of amides is 1. The molecule has 0 saturated heterocycles. The lowest BCUT2D eigenvalue weighted by atomic mass is 9.98. The summed E-state index contributed by atoms with van der Waals surface area (Å²) in [5.41, 5.74) is 2.48. The Balaban J connectivity index is 1.88. The molecule has 0 N–H and O–H groups in total. The van der Waals surface area contributed by atoms with Crippen LogP contribution in [-0.2, 0) is 4.79 Å². The van der Waals surface area contributed by atoms with Crippen LogP contribution in [0.15, 0.2) is 54.1 Å². The van der Waals surface area contributed by atoms with Crippen LogP contribution in [0.25, 0.3) is 10.8 Å². The molecule has 0 bridgehead atoms. The summed E-state index contributed by atoms with van der Waals surface area (Å²) < 4.78 is 0. The fourth-order valence-electron chi connectivity index (χ4n) is 3.36. The van der Waals surface area contributed by atoms with Gasteiger partial charge in [-0.25, -0.2) is 0 Å². The minimum Gasteiger partial charge on any atom is -0.328 e. The van der Waals surface area contributed by atoms with Crippen LogP contribution >= 0.6 is 0 Å². The van der Waals surface area contributed by atoms with Crippen LogP contribution in [-0.4, -0.2) is 17.4 Å². The fraction of sp³-hybridized carbons (Fsp3) is 0.350. The molecule has 0 spiro atoms. The summed E-state index contributed by atoms with van der Waals surface area (Å²) in [5, 5.41) is 2.47. The second-order valence-electron chi connectivity index (χ2n) is 6.61. The third-order valence-electron chi connectivity index (χ3n) is 4.40. The van der Waals surface area contributed by atoms with Crippen LogP contribution in [0.3, 0.4) is 0 Å². The van der Waals surface area contributed by atoms with Crippen LogP contribution in [0.1, 0.15) is 38.8 Å². The van der Waals surface area contributed by atoms with E-state index >= 15 is 0 Å². The Hall–Kier alpha value is -2.09. The molecule has 1 atom stereocenters. The molecular formula is C20H23NO. The van der Waals surface area contributed by atoms with Gasteiger partial charge in [0.25, 0.3) is 0 Å². The van der Waals surface area contributed by atoms with Crippen LogP contribution in [0.4, 0.5) is 0 Å². The third kappa shape index (κ3) is 2.78. The smallest absolute Gasteiger partial charge is 0.247 e. The molecule has 0 aromatic heterocycles. The molecule has 1 aliphatic heterocycles. The molecule has 0 saturated carbocycles. The average Bonchev–Trinajstić information content (AvgIpc) is 2.85. The molecule has 0 unspecified atom stereocenters. The molecule has 0 aliphatic carbocycles. The van der Waals surface area contributed by atoms with E-state index in [-0.39, 0.29) is 11.9 Å². The summed E-state index contributed by atoms with van der Waals surface area (Å²) in [4.78, 5) is 14.4. The zero-order chi connectivity index (χ0) is 15.7. The van der Waals surface area contributed by atoms with Gasteiger partial charge in [-0.2, -0.15) is 0 Å². The maximum atomic E-state index is 12.4. The number of carbonyl (C=O) groups excluding carboxylic acids is 1. The Morgan fingerprint density at radius 3 is 2.55 bits per heavy atom. The number of carbonyl (C=O) groups is 1. The van der Waals surface area contributed by atoms with Gasteiger partial charge in [0, 0.05) is 12.6 Å². The van der Waals surface area contributed by atoms with E-state index in [1.165, 1.54) is 21.9 Å². The molecular weight excluding hydrogens is 270 g/mol. The molecule has 2 heteroatoms. The van der Waals surface area contributed by atoms with Crippen molar-refractivity contribution in [1.29, 1.82) is 0 Å². The predicted octanol–water partition coefficient (Wildman–Crippen LogP) is 4.72. The minimum absolute atomic E-state index is 0.0968. The molecule has 2 nitrogen and oxygen atoms in total. The number of hydrogen-bond donors (Lipinski definition) is 0. The Labute approximate surface area is 132 Å². The highest BCUT2D eigenvalue weighted by molar-refractivity contribution is 5.92. The Morgan fingerprint density at radius 1 is 1.05 bits per heavy atom. The summed E-state index contributed by atoms with van der Waals surface area (Å²) in [6.45, 7) is 7.29. The summed E-state index contributed by atoms with van der Waals surface area (Å²) in [5.74, 6) is 0.739. The highest BCUT2D eigenvalue weighted by Gasteiger charge is 2.27. The Kier molecular flexibility index (Phi) is 4.02. The Morgan fingerprint density at radius 2 is 1.77 bits per heavy atom. The first kappa shape index (κ1) is 14.8. The standard InChI is InChI=1S/C20H23NO/c1-14(2)11-16-12-20(22)21(13-16)15(3)18-10-6-8-17-7-4-5-9-19(17)18/h4-10,12,14-15H,11,13H2,1-3H3/t15-/m0/s1. The first-order chi connectivity index (χ1) is 10.6. The lowest BCUT2D eigenvalue weighted by Crippen LogP contribution is -2.29. The number of rotatable bonds is 4. The molecule has 1 heterocycles. The van der Waals surface area contributed by atoms with Crippen LogP contribution in [0, 0.1) is 5.92 Å². The van der Waals surface area contributed by atoms with E-state index in [2.05, 4.69) is 63.2 Å². The van der Waals surface area contributed by atoms with Crippen LogP contribution in [0.5, 0.6) is 0 Å². The predicted molar refractivity (Wildman–Crippen MR) is 91.6 cm³/mol. The van der Waals surface area contributed by atoms with Gasteiger partial charge < -0.3 is 4.90 Å². The van der Waals surface area contributed by atoms with Crippen molar-refractivity contribution in [3.8, 4) is 0 Å². The zero-order valence-electron chi connectivity index (χ0n) is 13.5. The van der Waals surface area contributed by atoms with Crippen molar-refractivity contribution in [2.75, 3.05) is 6.54 Å². The van der Waals surface area contributed by atoms with Gasteiger partial charge in [-0.15, -0.1) is 0 Å². The molecule has 0 fully saturated rings. The SMILES string of the molecule is CC(C)CC1=CC(=O)N([C@@H](C)c2cccc3ccccc23)C1. The van der Waals surface area contributed by atoms with E-state index in [0.717, 1.165) is 13.0 Å². The van der Waals surface area contributed by atoms with Crippen molar-refractivity contribution in [2.24, 2.45) is 5.92 Å². The first-order valence-corrected chi connectivity index (χ1v) is 8.04. The van der Waals surface area contributed by atoms with Crippen molar-refractivity contribution in [3.05, 3.63) is 59.7 Å². The quantitative estimate of drug-likeness (QED) is 0.799. The van der Waals surface area contributed by atoms with E-state index < -0.39 is 0 Å². The molecule has 1 amide bonds. The number of nitrogens with zero attached hydrogens (tertiary/aromatic N) is 1. The number of fused-ring (bicyclic) bond motifs is 1. The van der Waals surface area contributed by atoms with Gasteiger partial charge in [0.2, 0.25) is 5.91 Å². The second kappa shape index (κ2) is 5.96. The van der Waals surface area contributed by atoms with Gasteiger partial charge in [0.15, 0.2) is 0 Å². The lowest BCUT2D eigenvalue weighted by Gasteiger charge is -2.26. The van der Waals surface area contributed by atoms with Crippen molar-refractivity contribution in [3.63, 3.8) is 0 Å². The lowest BCUT2D eigenvalue weighted by molar-refractivity contribution is -0.126. The Bertz CT molecular complexity index is 724. The summed E-state index contributed by atoms with van der Waals surface area (Å²) in [7, 11) is 0. The highest BCUT2D eigenvalue weighted by atomic mass is 16.2. The summed E-state index contributed by atoms with van der Waals surface area (Å²) >= 11 is 0. The van der Waals surface area contributed by atoms with Gasteiger partial charge in [-0.05, 0) is 41.2 Å². The largest absolute Gasteiger partial charge is 0.328 e. The normalized spacial score (nSPS) is 16.5. The minimum atomic E-state index is 0.0968. The van der Waals surface area contributed by atoms with Gasteiger partial charge in [-0.1, -0.05) is 56.3 Å². The molecule has 3 rings (SSSR count). The molecule has 114 valence electrons. The number of benzene rings is 2. The highest BCUT2D eigenvalue weighted by Crippen LogP contribution is 2.31. The summed E-state index contributed by atoms with van der Waals surface area (Å²) in [6, 6.07) is 14.8. The second-order valence-corrected chi connectivity index (χ2v) is 6.61. The summed E-state index contributed by atoms with van der Waals surface area (Å²) in [6.07, 6.45) is 2.84. The molecule has 0 radical (unpaired) electrons. The van der Waals surface area contributed by atoms with Crippen molar-refractivity contribution in [1.82, 2.24) is 4.90 Å². The van der Waals surface area contributed by atoms with E-state index in [1.807, 2.05) is 11.0 Å². The topological polar surface area (TPSA) is 20.3 Å². The monoisotopic (exact) mass is 293 g/mol. The fourth-order valence-corrected chi connectivity index (χ4v) is 3.36. The molecule has 2 aromatic rings. The molecule has 2 aromatic carbocycles. The van der Waals surface area contributed by atoms with Gasteiger partial charge in [-0.3, -0.25) is 4.79 Å². The molecule has 1 aliphatic rings. The zero-order valence-corrected chi connectivity index (χ0v) is 13.5. The molecule has 22 heavy (non-hydrogen) atoms. The maximum absolute atomic E-state index is 12.4. The van der Waals surface area contributed by atoms with Gasteiger partial charge in [0.05, 0.1) is 6.04 Å². The number of hydrogen-bond acceptors (Lipinski definition) is 1. The van der Waals surface area contributed by atoms with E-state index in [9.17, 15) is 4.79 Å². The average molecular weight is 293 g/mol. The first-order valence-electron chi connectivity index (χ1n) is 8.04. The van der Waals surface area contributed by atoms with E-state index in [4.69, 9.17) is 0 Å². The maximum Gasteiger partial charge on any atom is 0.247 e. The van der Waals surface area contributed by atoms with Crippen molar-refractivity contribution >= 4 is 16.7 Å². The third-order valence-corrected chi connectivity index (χ3v) is 4.40. The van der Waals surface area contributed by atoms with E-state index in [0.29, 0.717) is 5.92 Å². The van der Waals surface area contributed by atoms with Crippen LogP contribution < -0.4 is 0 Å².